The molecule has 0 amide bonds. The number of hydrogen-bond donors (Lipinski definition) is 2. The Morgan fingerprint density at radius 2 is 2.14 bits per heavy atom. The molecule has 29 heavy (non-hydrogen) atoms. The summed E-state index contributed by atoms with van der Waals surface area (Å²) in [6.45, 7) is 2.38. The summed E-state index contributed by atoms with van der Waals surface area (Å²) in [5, 5.41) is 6.42. The molecule has 0 saturated carbocycles. The summed E-state index contributed by atoms with van der Waals surface area (Å²) in [5.74, 6) is 2.19. The van der Waals surface area contributed by atoms with Crippen LogP contribution in [0.4, 0.5) is 13.2 Å². The fourth-order valence-corrected chi connectivity index (χ4v) is 3.72. The molecule has 10 heteroatoms. The van der Waals surface area contributed by atoms with Gasteiger partial charge < -0.3 is 20.1 Å². The molecule has 6 nitrogen and oxygen atoms in total. The first-order valence-corrected chi connectivity index (χ1v) is 9.40. The first kappa shape index (κ1) is 23.8. The minimum atomic E-state index is -4.17. The van der Waals surface area contributed by atoms with Crippen LogP contribution in [0.25, 0.3) is 0 Å². The SMILES string of the molecule is CN=C(NCc1cc2c(cc1OC)CC(C)O2)NC1CCN(CC(F)(F)F)C1.I. The maximum atomic E-state index is 12.5. The number of ether oxygens (including phenoxy) is 2. The summed E-state index contributed by atoms with van der Waals surface area (Å²) in [6, 6.07) is 3.90. The van der Waals surface area contributed by atoms with Gasteiger partial charge in [-0.15, -0.1) is 24.0 Å². The van der Waals surface area contributed by atoms with Crippen molar-refractivity contribution >= 4 is 29.9 Å². The number of guanidine groups is 1. The summed E-state index contributed by atoms with van der Waals surface area (Å²) in [4.78, 5) is 5.60. The molecular weight excluding hydrogens is 500 g/mol. The normalized spacial score (nSPS) is 21.9. The van der Waals surface area contributed by atoms with Crippen molar-refractivity contribution in [2.24, 2.45) is 4.99 Å². The number of nitrogens with one attached hydrogen (secondary N) is 2. The zero-order valence-electron chi connectivity index (χ0n) is 16.8. The number of halogens is 4. The van der Waals surface area contributed by atoms with E-state index in [0.717, 1.165) is 29.0 Å². The lowest BCUT2D eigenvalue weighted by atomic mass is 10.1. The molecule has 2 unspecified atom stereocenters. The lowest BCUT2D eigenvalue weighted by Gasteiger charge is -2.20. The fraction of sp³-hybridized carbons (Fsp3) is 0.632. The van der Waals surface area contributed by atoms with E-state index < -0.39 is 12.7 Å². The summed E-state index contributed by atoms with van der Waals surface area (Å²) in [7, 11) is 3.27. The van der Waals surface area contributed by atoms with Crippen molar-refractivity contribution in [2.75, 3.05) is 33.8 Å². The number of fused-ring (bicyclic) bond motifs is 1. The highest BCUT2D eigenvalue weighted by molar-refractivity contribution is 14.0. The number of benzene rings is 1. The Hall–Kier alpha value is -1.43. The number of likely N-dealkylation sites (tertiary alicyclic amines) is 1. The van der Waals surface area contributed by atoms with E-state index in [1.54, 1.807) is 14.2 Å². The minimum absolute atomic E-state index is 0. The van der Waals surface area contributed by atoms with E-state index in [1.165, 1.54) is 4.90 Å². The van der Waals surface area contributed by atoms with Crippen LogP contribution in [-0.2, 0) is 13.0 Å². The van der Waals surface area contributed by atoms with E-state index >= 15 is 0 Å². The monoisotopic (exact) mass is 528 g/mol. The molecule has 1 aromatic carbocycles. The summed E-state index contributed by atoms with van der Waals surface area (Å²) in [5.41, 5.74) is 2.06. The van der Waals surface area contributed by atoms with Crippen LogP contribution in [0, 0.1) is 0 Å². The topological polar surface area (TPSA) is 58.1 Å². The van der Waals surface area contributed by atoms with Gasteiger partial charge in [0, 0.05) is 50.3 Å². The lowest BCUT2D eigenvalue weighted by Crippen LogP contribution is -2.44. The zero-order valence-corrected chi connectivity index (χ0v) is 19.1. The van der Waals surface area contributed by atoms with Crippen molar-refractivity contribution in [3.8, 4) is 11.5 Å². The van der Waals surface area contributed by atoms with Crippen molar-refractivity contribution in [1.29, 1.82) is 0 Å². The van der Waals surface area contributed by atoms with Crippen LogP contribution in [0.5, 0.6) is 11.5 Å². The maximum Gasteiger partial charge on any atom is 0.401 e. The Labute approximate surface area is 186 Å². The van der Waals surface area contributed by atoms with Crippen LogP contribution < -0.4 is 20.1 Å². The van der Waals surface area contributed by atoms with Gasteiger partial charge in [-0.05, 0) is 25.5 Å². The minimum Gasteiger partial charge on any atom is -0.496 e. The second kappa shape index (κ2) is 10.1. The first-order valence-electron chi connectivity index (χ1n) is 9.40. The van der Waals surface area contributed by atoms with Crippen molar-refractivity contribution in [3.63, 3.8) is 0 Å². The van der Waals surface area contributed by atoms with Gasteiger partial charge in [-0.25, -0.2) is 0 Å². The number of hydrogen-bond acceptors (Lipinski definition) is 4. The smallest absolute Gasteiger partial charge is 0.401 e. The number of aliphatic imine (C=N–C) groups is 1. The predicted molar refractivity (Wildman–Crippen MR) is 116 cm³/mol. The molecule has 0 aliphatic carbocycles. The Morgan fingerprint density at radius 1 is 1.38 bits per heavy atom. The van der Waals surface area contributed by atoms with E-state index in [2.05, 4.69) is 15.6 Å². The Kier molecular flexibility index (Phi) is 8.27. The Balaban J connectivity index is 0.00000300. The number of nitrogens with zero attached hydrogens (tertiary/aromatic N) is 2. The van der Waals surface area contributed by atoms with Gasteiger partial charge in [-0.1, -0.05) is 0 Å². The van der Waals surface area contributed by atoms with Crippen LogP contribution >= 0.6 is 24.0 Å². The average molecular weight is 528 g/mol. The highest BCUT2D eigenvalue weighted by Crippen LogP contribution is 2.34. The van der Waals surface area contributed by atoms with Crippen molar-refractivity contribution in [1.82, 2.24) is 15.5 Å². The predicted octanol–water partition coefficient (Wildman–Crippen LogP) is 2.94. The van der Waals surface area contributed by atoms with Gasteiger partial charge in [0.25, 0.3) is 0 Å². The fourth-order valence-electron chi connectivity index (χ4n) is 3.72. The van der Waals surface area contributed by atoms with Crippen LogP contribution in [0.3, 0.4) is 0 Å². The van der Waals surface area contributed by atoms with Gasteiger partial charge in [0.1, 0.15) is 17.6 Å². The van der Waals surface area contributed by atoms with Gasteiger partial charge in [-0.3, -0.25) is 9.89 Å². The summed E-state index contributed by atoms with van der Waals surface area (Å²) >= 11 is 0. The molecule has 2 aliphatic rings. The second-order valence-corrected chi connectivity index (χ2v) is 7.31. The van der Waals surface area contributed by atoms with Gasteiger partial charge in [0.05, 0.1) is 13.7 Å². The van der Waals surface area contributed by atoms with E-state index in [-0.39, 0.29) is 36.1 Å². The van der Waals surface area contributed by atoms with Crippen molar-refractivity contribution in [2.45, 2.75) is 44.6 Å². The maximum absolute atomic E-state index is 12.5. The molecule has 1 fully saturated rings. The van der Waals surface area contributed by atoms with Crippen LogP contribution in [-0.4, -0.2) is 63.0 Å². The highest BCUT2D eigenvalue weighted by Gasteiger charge is 2.34. The molecule has 164 valence electrons. The van der Waals surface area contributed by atoms with Crippen LogP contribution in [0.2, 0.25) is 0 Å². The molecule has 1 saturated heterocycles. The Morgan fingerprint density at radius 3 is 2.79 bits per heavy atom. The third kappa shape index (κ3) is 6.53. The molecule has 2 heterocycles. The molecule has 2 N–H and O–H groups in total. The van der Waals surface area contributed by atoms with E-state index in [0.29, 0.717) is 32.0 Å². The molecule has 2 aliphatic heterocycles. The molecule has 2 atom stereocenters. The van der Waals surface area contributed by atoms with E-state index in [4.69, 9.17) is 9.47 Å². The molecular formula is C19H28F3IN4O2. The first-order chi connectivity index (χ1) is 13.3. The molecule has 1 aromatic rings. The molecule has 0 aromatic heterocycles. The number of methoxy groups -OCH3 is 1. The molecule has 0 bridgehead atoms. The standard InChI is InChI=1S/C19H27F3N4O2.HI/c1-12-6-13-7-16(27-3)14(8-17(13)28-12)9-24-18(23-2)25-15-4-5-26(10-15)11-19(20,21)22;/h7-8,12,15H,4-6,9-11H2,1-3H3,(H2,23,24,25);1H. The van der Waals surface area contributed by atoms with Crippen molar-refractivity contribution < 1.29 is 22.6 Å². The molecule has 0 radical (unpaired) electrons. The van der Waals surface area contributed by atoms with Gasteiger partial charge in [0.15, 0.2) is 5.96 Å². The largest absolute Gasteiger partial charge is 0.496 e. The quantitative estimate of drug-likeness (QED) is 0.350. The van der Waals surface area contributed by atoms with Gasteiger partial charge in [0.2, 0.25) is 0 Å². The zero-order chi connectivity index (χ0) is 20.3. The molecule has 0 spiro atoms. The molecule has 3 rings (SSSR count). The third-order valence-electron chi connectivity index (χ3n) is 4.99. The van der Waals surface area contributed by atoms with E-state index in [1.807, 2.05) is 19.1 Å². The van der Waals surface area contributed by atoms with Crippen molar-refractivity contribution in [3.05, 3.63) is 23.3 Å². The lowest BCUT2D eigenvalue weighted by molar-refractivity contribution is -0.143. The van der Waals surface area contributed by atoms with Crippen LogP contribution in [0.15, 0.2) is 17.1 Å². The van der Waals surface area contributed by atoms with Gasteiger partial charge >= 0.3 is 6.18 Å². The summed E-state index contributed by atoms with van der Waals surface area (Å²) < 4.78 is 48.9. The summed E-state index contributed by atoms with van der Waals surface area (Å²) in [6.07, 6.45) is -2.51. The third-order valence-corrected chi connectivity index (χ3v) is 4.99. The Bertz CT molecular complexity index is 730. The number of alkyl halides is 3. The average Bonchev–Trinajstić information content (AvgIpc) is 3.20. The highest BCUT2D eigenvalue weighted by atomic mass is 127. The van der Waals surface area contributed by atoms with Crippen LogP contribution in [0.1, 0.15) is 24.5 Å². The van der Waals surface area contributed by atoms with Gasteiger partial charge in [-0.2, -0.15) is 13.2 Å². The van der Waals surface area contributed by atoms with E-state index in [9.17, 15) is 13.2 Å². The second-order valence-electron chi connectivity index (χ2n) is 7.31. The number of rotatable bonds is 5.